The van der Waals surface area contributed by atoms with Crippen LogP contribution in [0.25, 0.3) is 22.2 Å². The monoisotopic (exact) mass is 466 g/mol. The summed E-state index contributed by atoms with van der Waals surface area (Å²) in [6.07, 6.45) is 1.80. The molecule has 5 rings (SSSR count). The Hall–Kier alpha value is -3.02. The van der Waals surface area contributed by atoms with Gasteiger partial charge in [-0.1, -0.05) is 54.1 Å². The van der Waals surface area contributed by atoms with Crippen molar-refractivity contribution >= 4 is 46.6 Å². The van der Waals surface area contributed by atoms with E-state index in [2.05, 4.69) is 14.5 Å². The third-order valence-electron chi connectivity index (χ3n) is 5.98. The highest BCUT2D eigenvalue weighted by molar-refractivity contribution is 6.37. The first kappa shape index (κ1) is 22.2. The van der Waals surface area contributed by atoms with Gasteiger partial charge in [-0.2, -0.15) is 0 Å². The second-order valence-electron chi connectivity index (χ2n) is 7.75. The molecule has 3 heterocycles. The Balaban J connectivity index is 0.00000245. The maximum Gasteiger partial charge on any atom is 0.256 e. The number of benzene rings is 2. The van der Waals surface area contributed by atoms with Gasteiger partial charge in [-0.25, -0.2) is 4.98 Å². The van der Waals surface area contributed by atoms with Gasteiger partial charge < -0.3 is 14.4 Å². The Morgan fingerprint density at radius 3 is 2.31 bits per heavy atom. The Kier molecular flexibility index (Phi) is 6.40. The number of fused-ring (bicyclic) bond motifs is 1. The van der Waals surface area contributed by atoms with Crippen LogP contribution >= 0.6 is 24.0 Å². The van der Waals surface area contributed by atoms with E-state index >= 15 is 0 Å². The number of hydrogen-bond acceptors (Lipinski definition) is 3. The molecule has 0 aliphatic carbocycles. The topological polar surface area (TPSA) is 41.4 Å². The van der Waals surface area contributed by atoms with Gasteiger partial charge >= 0.3 is 0 Å². The van der Waals surface area contributed by atoms with Crippen LogP contribution in [0.15, 0.2) is 72.9 Å². The minimum atomic E-state index is 0. The molecule has 2 aromatic heterocycles. The quantitative estimate of drug-likeness (QED) is 0.412. The number of aryl methyl sites for hydroxylation is 1. The number of carbonyl (C=O) groups is 1. The summed E-state index contributed by atoms with van der Waals surface area (Å²) in [4.78, 5) is 22.4. The van der Waals surface area contributed by atoms with Crippen molar-refractivity contribution in [2.24, 2.45) is 7.05 Å². The van der Waals surface area contributed by atoms with E-state index in [-0.39, 0.29) is 18.3 Å². The molecule has 0 saturated carbocycles. The molecule has 1 aliphatic heterocycles. The molecule has 1 fully saturated rings. The van der Waals surface area contributed by atoms with E-state index in [9.17, 15) is 4.79 Å². The lowest BCUT2D eigenvalue weighted by Crippen LogP contribution is -2.49. The predicted octanol–water partition coefficient (Wildman–Crippen LogP) is 5.28. The Morgan fingerprint density at radius 2 is 1.62 bits per heavy atom. The van der Waals surface area contributed by atoms with Crippen LogP contribution in [0.1, 0.15) is 10.4 Å². The summed E-state index contributed by atoms with van der Waals surface area (Å²) in [5.74, 6) is 0.978. The van der Waals surface area contributed by atoms with E-state index in [1.54, 1.807) is 6.20 Å². The highest BCUT2D eigenvalue weighted by Crippen LogP contribution is 2.37. The summed E-state index contributed by atoms with van der Waals surface area (Å²) in [5.41, 5.74) is 3.55. The van der Waals surface area contributed by atoms with Gasteiger partial charge in [0.05, 0.1) is 21.8 Å². The van der Waals surface area contributed by atoms with Crippen molar-refractivity contribution in [2.75, 3.05) is 31.1 Å². The number of nitrogens with zero attached hydrogens (tertiary/aromatic N) is 4. The number of halogens is 2. The summed E-state index contributed by atoms with van der Waals surface area (Å²) in [5, 5.41) is 1.42. The lowest BCUT2D eigenvalue weighted by atomic mass is 10.0. The maximum absolute atomic E-state index is 13.8. The average Bonchev–Trinajstić information content (AvgIpc) is 3.13. The van der Waals surface area contributed by atoms with Crippen molar-refractivity contribution in [1.29, 1.82) is 0 Å². The van der Waals surface area contributed by atoms with Crippen molar-refractivity contribution in [3.8, 4) is 11.3 Å². The van der Waals surface area contributed by atoms with E-state index in [0.29, 0.717) is 23.7 Å². The second kappa shape index (κ2) is 9.23. The van der Waals surface area contributed by atoms with Gasteiger partial charge in [-0.05, 0) is 29.8 Å². The summed E-state index contributed by atoms with van der Waals surface area (Å²) in [7, 11) is 2.00. The number of pyridine rings is 1. The zero-order valence-corrected chi connectivity index (χ0v) is 19.3. The first-order valence-corrected chi connectivity index (χ1v) is 10.8. The average molecular weight is 467 g/mol. The van der Waals surface area contributed by atoms with Crippen molar-refractivity contribution in [3.63, 3.8) is 0 Å². The fourth-order valence-electron chi connectivity index (χ4n) is 4.43. The lowest BCUT2D eigenvalue weighted by Gasteiger charge is -2.35. The van der Waals surface area contributed by atoms with Crippen LogP contribution in [0.4, 0.5) is 5.82 Å². The molecule has 0 unspecified atom stereocenters. The second-order valence-corrected chi connectivity index (χ2v) is 8.16. The van der Waals surface area contributed by atoms with Gasteiger partial charge in [0.15, 0.2) is 0 Å². The molecule has 5 nitrogen and oxygen atoms in total. The van der Waals surface area contributed by atoms with Crippen molar-refractivity contribution in [2.45, 2.75) is 0 Å². The molecule has 4 aromatic rings. The van der Waals surface area contributed by atoms with Crippen LogP contribution in [-0.4, -0.2) is 46.5 Å². The van der Waals surface area contributed by atoms with Crippen LogP contribution in [-0.2, 0) is 7.05 Å². The van der Waals surface area contributed by atoms with E-state index in [0.717, 1.165) is 41.1 Å². The third kappa shape index (κ3) is 3.83. The first-order chi connectivity index (χ1) is 15.1. The summed E-state index contributed by atoms with van der Waals surface area (Å²) < 4.78 is 2.08. The molecular weight excluding hydrogens is 443 g/mol. The molecule has 2 aromatic carbocycles. The molecule has 0 N–H and O–H groups in total. The van der Waals surface area contributed by atoms with E-state index < -0.39 is 0 Å². The predicted molar refractivity (Wildman–Crippen MR) is 133 cm³/mol. The standard InChI is InChI=1S/C25H23ClN4O.ClH/c1-28-20-11-7-10-19(26)22(20)23(24(28)18-8-3-2-4-9-18)25(31)30-16-14-29(15-17-30)21-12-5-6-13-27-21;/h2-13H,14-17H2,1H3;1H. The summed E-state index contributed by atoms with van der Waals surface area (Å²) >= 11 is 6.62. The molecule has 1 saturated heterocycles. The van der Waals surface area contributed by atoms with Gasteiger partial charge in [0.1, 0.15) is 5.82 Å². The minimum Gasteiger partial charge on any atom is -0.353 e. The zero-order chi connectivity index (χ0) is 21.4. The number of amides is 1. The zero-order valence-electron chi connectivity index (χ0n) is 17.7. The molecule has 32 heavy (non-hydrogen) atoms. The van der Waals surface area contributed by atoms with E-state index in [4.69, 9.17) is 11.6 Å². The van der Waals surface area contributed by atoms with Crippen LogP contribution in [0, 0.1) is 0 Å². The molecule has 7 heteroatoms. The van der Waals surface area contributed by atoms with Crippen molar-refractivity contribution in [3.05, 3.63) is 83.5 Å². The molecule has 0 atom stereocenters. The number of piperazine rings is 1. The van der Waals surface area contributed by atoms with Crippen LogP contribution < -0.4 is 4.90 Å². The lowest BCUT2D eigenvalue weighted by molar-refractivity contribution is 0.0749. The van der Waals surface area contributed by atoms with Gasteiger partial charge in [0, 0.05) is 44.8 Å². The molecule has 1 aliphatic rings. The van der Waals surface area contributed by atoms with Crippen LogP contribution in [0.5, 0.6) is 0 Å². The Morgan fingerprint density at radius 1 is 0.906 bits per heavy atom. The summed E-state index contributed by atoms with van der Waals surface area (Å²) in [6.45, 7) is 2.79. The van der Waals surface area contributed by atoms with E-state index in [1.165, 1.54) is 0 Å². The fraction of sp³-hybridized carbons (Fsp3) is 0.200. The third-order valence-corrected chi connectivity index (χ3v) is 6.29. The number of anilines is 1. The highest BCUT2D eigenvalue weighted by Gasteiger charge is 2.29. The number of aromatic nitrogens is 2. The smallest absolute Gasteiger partial charge is 0.256 e. The normalized spacial score (nSPS) is 13.8. The van der Waals surface area contributed by atoms with Gasteiger partial charge in [0.25, 0.3) is 5.91 Å². The molecule has 0 bridgehead atoms. The first-order valence-electron chi connectivity index (χ1n) is 10.4. The van der Waals surface area contributed by atoms with Gasteiger partial charge in [-0.3, -0.25) is 4.79 Å². The molecular formula is C25H24Cl2N4O. The van der Waals surface area contributed by atoms with Crippen molar-refractivity contribution < 1.29 is 4.79 Å². The van der Waals surface area contributed by atoms with E-state index in [1.807, 2.05) is 78.7 Å². The number of hydrogen-bond donors (Lipinski definition) is 0. The maximum atomic E-state index is 13.8. The van der Waals surface area contributed by atoms with Crippen LogP contribution in [0.2, 0.25) is 5.02 Å². The van der Waals surface area contributed by atoms with Gasteiger partial charge in [0.2, 0.25) is 0 Å². The van der Waals surface area contributed by atoms with Crippen molar-refractivity contribution in [1.82, 2.24) is 14.5 Å². The SMILES string of the molecule is Cl.Cn1c(-c2ccccc2)c(C(=O)N2CCN(c3ccccn3)CC2)c2c(Cl)cccc21. The minimum absolute atomic E-state index is 0. The Bertz CT molecular complexity index is 1230. The molecule has 1 amide bonds. The number of rotatable bonds is 3. The number of carbonyl (C=O) groups excluding carboxylic acids is 1. The Labute approximate surface area is 198 Å². The van der Waals surface area contributed by atoms with Crippen LogP contribution in [0.3, 0.4) is 0 Å². The highest BCUT2D eigenvalue weighted by atomic mass is 35.5. The largest absolute Gasteiger partial charge is 0.353 e. The van der Waals surface area contributed by atoms with Gasteiger partial charge in [-0.15, -0.1) is 12.4 Å². The summed E-state index contributed by atoms with van der Waals surface area (Å²) in [6, 6.07) is 21.8. The molecule has 0 spiro atoms. The fourth-order valence-corrected chi connectivity index (χ4v) is 4.69. The molecule has 164 valence electrons. The molecule has 0 radical (unpaired) electrons.